The number of carbonyl (C=O) groups excluding carboxylic acids is 2. The summed E-state index contributed by atoms with van der Waals surface area (Å²) < 4.78 is 5.72. The molecule has 0 aliphatic carbocycles. The number of benzene rings is 2. The summed E-state index contributed by atoms with van der Waals surface area (Å²) in [5.74, 6) is -0.129. The average Bonchev–Trinajstić information content (AvgIpc) is 2.85. The summed E-state index contributed by atoms with van der Waals surface area (Å²) in [4.78, 5) is 23.5. The lowest BCUT2D eigenvalue weighted by molar-refractivity contribution is -0.114. The molecule has 0 bridgehead atoms. The maximum absolute atomic E-state index is 12.5. The van der Waals surface area contributed by atoms with Crippen LogP contribution in [0.1, 0.15) is 28.6 Å². The number of hydrogen-bond donors (Lipinski definition) is 2. The van der Waals surface area contributed by atoms with Gasteiger partial charge in [0.25, 0.3) is 5.91 Å². The first-order valence-corrected chi connectivity index (χ1v) is 7.63. The summed E-state index contributed by atoms with van der Waals surface area (Å²) in [6, 6.07) is 12.8. The summed E-state index contributed by atoms with van der Waals surface area (Å²) >= 11 is 0. The summed E-state index contributed by atoms with van der Waals surface area (Å²) in [5, 5.41) is 6.43. The molecule has 0 atom stereocenters. The van der Waals surface area contributed by atoms with Gasteiger partial charge in [0.2, 0.25) is 5.91 Å². The van der Waals surface area contributed by atoms with E-state index in [0.29, 0.717) is 22.7 Å². The van der Waals surface area contributed by atoms with Gasteiger partial charge in [0, 0.05) is 29.2 Å². The Labute approximate surface area is 139 Å². The van der Waals surface area contributed by atoms with E-state index >= 15 is 0 Å². The van der Waals surface area contributed by atoms with Crippen LogP contribution in [0.25, 0.3) is 11.0 Å². The van der Waals surface area contributed by atoms with Crippen molar-refractivity contribution in [3.05, 3.63) is 59.4 Å². The van der Waals surface area contributed by atoms with Gasteiger partial charge in [-0.05, 0) is 49.7 Å². The second-order valence-corrected chi connectivity index (χ2v) is 5.77. The predicted octanol–water partition coefficient (Wildman–Crippen LogP) is 4.26. The average molecular weight is 322 g/mol. The molecule has 3 aromatic rings. The highest BCUT2D eigenvalue weighted by molar-refractivity contribution is 6.06. The van der Waals surface area contributed by atoms with E-state index in [9.17, 15) is 9.59 Å². The molecule has 0 unspecified atom stereocenters. The summed E-state index contributed by atoms with van der Waals surface area (Å²) in [7, 11) is 0. The van der Waals surface area contributed by atoms with Crippen LogP contribution in [-0.2, 0) is 4.79 Å². The van der Waals surface area contributed by atoms with E-state index in [1.807, 2.05) is 32.0 Å². The van der Waals surface area contributed by atoms with Crippen LogP contribution in [0.15, 0.2) is 46.9 Å². The van der Waals surface area contributed by atoms with Gasteiger partial charge in [-0.25, -0.2) is 0 Å². The molecule has 0 fully saturated rings. The first-order chi connectivity index (χ1) is 11.4. The van der Waals surface area contributed by atoms with Crippen molar-refractivity contribution >= 4 is 34.2 Å². The molecule has 24 heavy (non-hydrogen) atoms. The molecule has 3 rings (SSSR count). The van der Waals surface area contributed by atoms with Crippen molar-refractivity contribution in [2.45, 2.75) is 20.8 Å². The summed E-state index contributed by atoms with van der Waals surface area (Å²) in [5.41, 5.74) is 3.91. The molecule has 2 amide bonds. The van der Waals surface area contributed by atoms with E-state index in [4.69, 9.17) is 4.42 Å². The van der Waals surface area contributed by atoms with Gasteiger partial charge in [0.1, 0.15) is 5.58 Å². The maximum atomic E-state index is 12.5. The Hall–Kier alpha value is -3.08. The van der Waals surface area contributed by atoms with Gasteiger partial charge in [-0.3, -0.25) is 9.59 Å². The zero-order valence-corrected chi connectivity index (χ0v) is 13.8. The van der Waals surface area contributed by atoms with Crippen molar-refractivity contribution in [1.29, 1.82) is 0 Å². The molecule has 5 heteroatoms. The molecule has 0 aliphatic heterocycles. The van der Waals surface area contributed by atoms with E-state index < -0.39 is 0 Å². The molecule has 0 saturated heterocycles. The van der Waals surface area contributed by atoms with E-state index in [2.05, 4.69) is 10.6 Å². The molecule has 5 nitrogen and oxygen atoms in total. The van der Waals surface area contributed by atoms with Gasteiger partial charge in [-0.1, -0.05) is 12.1 Å². The van der Waals surface area contributed by atoms with Crippen LogP contribution in [0.2, 0.25) is 0 Å². The number of carbonyl (C=O) groups is 2. The van der Waals surface area contributed by atoms with E-state index in [0.717, 1.165) is 16.5 Å². The Kier molecular flexibility index (Phi) is 4.08. The molecule has 0 radical (unpaired) electrons. The Morgan fingerprint density at radius 1 is 0.917 bits per heavy atom. The Morgan fingerprint density at radius 3 is 2.17 bits per heavy atom. The molecule has 2 N–H and O–H groups in total. The smallest absolute Gasteiger partial charge is 0.291 e. The monoisotopic (exact) mass is 322 g/mol. The van der Waals surface area contributed by atoms with Gasteiger partial charge in [0.05, 0.1) is 0 Å². The highest BCUT2D eigenvalue weighted by atomic mass is 16.3. The molecule has 0 spiro atoms. The highest BCUT2D eigenvalue weighted by Gasteiger charge is 2.17. The molecule has 0 saturated carbocycles. The fraction of sp³-hybridized carbons (Fsp3) is 0.158. The van der Waals surface area contributed by atoms with Crippen molar-refractivity contribution in [1.82, 2.24) is 0 Å². The molecular weight excluding hydrogens is 304 g/mol. The second kappa shape index (κ2) is 6.20. The minimum Gasteiger partial charge on any atom is -0.451 e. The standard InChI is InChI=1S/C19H18N2O3/c1-11-4-9-16-12(2)18(24-17(16)10-11)19(23)21-15-7-5-14(6-8-15)20-13(3)22/h4-10H,1-3H3,(H,20,22)(H,21,23). The van der Waals surface area contributed by atoms with Crippen molar-refractivity contribution < 1.29 is 14.0 Å². The number of rotatable bonds is 3. The number of amides is 2. The third-order valence-electron chi connectivity index (χ3n) is 3.76. The van der Waals surface area contributed by atoms with Crippen molar-refractivity contribution in [2.75, 3.05) is 10.6 Å². The lowest BCUT2D eigenvalue weighted by atomic mass is 10.1. The zero-order chi connectivity index (χ0) is 17.3. The summed E-state index contributed by atoms with van der Waals surface area (Å²) in [6.45, 7) is 5.30. The summed E-state index contributed by atoms with van der Waals surface area (Å²) in [6.07, 6.45) is 0. The largest absolute Gasteiger partial charge is 0.451 e. The molecule has 1 aromatic heterocycles. The third-order valence-corrected chi connectivity index (χ3v) is 3.76. The van der Waals surface area contributed by atoms with Gasteiger partial charge in [-0.15, -0.1) is 0 Å². The topological polar surface area (TPSA) is 71.3 Å². The fourth-order valence-corrected chi connectivity index (χ4v) is 2.58. The minimum absolute atomic E-state index is 0.139. The normalized spacial score (nSPS) is 10.6. The molecule has 1 heterocycles. The van der Waals surface area contributed by atoms with Crippen LogP contribution in [0.4, 0.5) is 11.4 Å². The Morgan fingerprint density at radius 2 is 1.54 bits per heavy atom. The van der Waals surface area contributed by atoms with Crippen molar-refractivity contribution in [3.63, 3.8) is 0 Å². The maximum Gasteiger partial charge on any atom is 0.291 e. The van der Waals surface area contributed by atoms with Crippen molar-refractivity contribution in [3.8, 4) is 0 Å². The van der Waals surface area contributed by atoms with E-state index in [1.165, 1.54) is 6.92 Å². The quantitative estimate of drug-likeness (QED) is 0.757. The van der Waals surface area contributed by atoms with Gasteiger partial charge >= 0.3 is 0 Å². The first kappa shape index (κ1) is 15.8. The fourth-order valence-electron chi connectivity index (χ4n) is 2.58. The number of fused-ring (bicyclic) bond motifs is 1. The van der Waals surface area contributed by atoms with Crippen LogP contribution in [0, 0.1) is 13.8 Å². The van der Waals surface area contributed by atoms with Crippen molar-refractivity contribution in [2.24, 2.45) is 0 Å². The zero-order valence-electron chi connectivity index (χ0n) is 13.8. The second-order valence-electron chi connectivity index (χ2n) is 5.77. The first-order valence-electron chi connectivity index (χ1n) is 7.63. The van der Waals surface area contributed by atoms with Gasteiger partial charge in [0.15, 0.2) is 5.76 Å². The lowest BCUT2D eigenvalue weighted by Crippen LogP contribution is -2.12. The third kappa shape index (κ3) is 3.15. The predicted molar refractivity (Wildman–Crippen MR) is 94.4 cm³/mol. The van der Waals surface area contributed by atoms with E-state index in [1.54, 1.807) is 24.3 Å². The Balaban J connectivity index is 1.82. The van der Waals surface area contributed by atoms with Crippen LogP contribution < -0.4 is 10.6 Å². The highest BCUT2D eigenvalue weighted by Crippen LogP contribution is 2.27. The van der Waals surface area contributed by atoms with Gasteiger partial charge in [-0.2, -0.15) is 0 Å². The van der Waals surface area contributed by atoms with Gasteiger partial charge < -0.3 is 15.1 Å². The van der Waals surface area contributed by atoms with Crippen LogP contribution in [0.5, 0.6) is 0 Å². The van der Waals surface area contributed by atoms with Crippen LogP contribution in [-0.4, -0.2) is 11.8 Å². The SMILES string of the molecule is CC(=O)Nc1ccc(NC(=O)c2oc3cc(C)ccc3c2C)cc1. The molecule has 0 aliphatic rings. The van der Waals surface area contributed by atoms with E-state index in [-0.39, 0.29) is 11.8 Å². The van der Waals surface area contributed by atoms with Crippen LogP contribution >= 0.6 is 0 Å². The number of anilines is 2. The molecule has 2 aromatic carbocycles. The number of furan rings is 1. The Bertz CT molecular complexity index is 924. The van der Waals surface area contributed by atoms with Crippen LogP contribution in [0.3, 0.4) is 0 Å². The lowest BCUT2D eigenvalue weighted by Gasteiger charge is -2.06. The number of hydrogen-bond acceptors (Lipinski definition) is 3. The molecule has 122 valence electrons. The molecular formula is C19H18N2O3. The minimum atomic E-state index is -0.298. The number of nitrogens with one attached hydrogen (secondary N) is 2. The number of aryl methyl sites for hydroxylation is 2.